The largest absolute Gasteiger partial charge is 0.465 e. The second kappa shape index (κ2) is 5.77. The zero-order chi connectivity index (χ0) is 14.7. The second-order valence-electron chi connectivity index (χ2n) is 4.82. The zero-order valence-corrected chi connectivity index (χ0v) is 11.5. The Morgan fingerprint density at radius 2 is 2.25 bits per heavy atom. The van der Waals surface area contributed by atoms with Crippen LogP contribution in [-0.2, 0) is 9.53 Å². The third kappa shape index (κ3) is 3.37. The van der Waals surface area contributed by atoms with Crippen LogP contribution in [-0.4, -0.2) is 43.6 Å². The molecule has 20 heavy (non-hydrogen) atoms. The van der Waals surface area contributed by atoms with Crippen molar-refractivity contribution in [3.63, 3.8) is 0 Å². The molecule has 2 rings (SSSR count). The second-order valence-corrected chi connectivity index (χ2v) is 4.82. The number of nitrogens with two attached hydrogens (primary N) is 1. The minimum absolute atomic E-state index is 0.0618. The highest BCUT2D eigenvalue weighted by molar-refractivity contribution is 5.95. The molecule has 0 radical (unpaired) electrons. The van der Waals surface area contributed by atoms with E-state index in [1.807, 2.05) is 0 Å². The van der Waals surface area contributed by atoms with E-state index in [9.17, 15) is 9.59 Å². The van der Waals surface area contributed by atoms with E-state index in [0.717, 1.165) is 12.8 Å². The number of pyridine rings is 1. The first-order valence-corrected chi connectivity index (χ1v) is 6.35. The monoisotopic (exact) mass is 278 g/mol. The Labute approximate surface area is 117 Å². The highest BCUT2D eigenvalue weighted by Gasteiger charge is 2.24. The zero-order valence-electron chi connectivity index (χ0n) is 11.5. The summed E-state index contributed by atoms with van der Waals surface area (Å²) in [6.45, 7) is 0.175. The van der Waals surface area contributed by atoms with E-state index >= 15 is 0 Å². The number of aromatic nitrogens is 1. The smallest absolute Gasteiger partial charge is 0.340 e. The summed E-state index contributed by atoms with van der Waals surface area (Å²) in [4.78, 5) is 29.1. The highest BCUT2D eigenvalue weighted by atomic mass is 16.5. The number of amides is 1. The minimum atomic E-state index is -0.526. The number of carbonyl (C=O) groups excluding carboxylic acids is 2. The third-order valence-electron chi connectivity index (χ3n) is 3.04. The SMILES string of the molecule is COC(=O)c1cc(N(C)CC(=O)NC2CC2)ncc1N. The number of esters is 1. The van der Waals surface area contributed by atoms with Crippen LogP contribution in [0.3, 0.4) is 0 Å². The van der Waals surface area contributed by atoms with Gasteiger partial charge < -0.3 is 20.7 Å². The molecule has 1 aliphatic carbocycles. The topological polar surface area (TPSA) is 97.5 Å². The molecule has 1 amide bonds. The van der Waals surface area contributed by atoms with Gasteiger partial charge in [0.05, 0.1) is 31.1 Å². The number of rotatable bonds is 5. The quantitative estimate of drug-likeness (QED) is 0.745. The number of nitrogens with zero attached hydrogens (tertiary/aromatic N) is 2. The molecule has 108 valence electrons. The van der Waals surface area contributed by atoms with Crippen molar-refractivity contribution in [3.8, 4) is 0 Å². The van der Waals surface area contributed by atoms with Crippen molar-refractivity contribution < 1.29 is 14.3 Å². The van der Waals surface area contributed by atoms with Crippen molar-refractivity contribution in [1.29, 1.82) is 0 Å². The molecule has 0 atom stereocenters. The number of anilines is 2. The van der Waals surface area contributed by atoms with Crippen LogP contribution < -0.4 is 16.0 Å². The van der Waals surface area contributed by atoms with Crippen molar-refractivity contribution in [3.05, 3.63) is 17.8 Å². The first-order chi connectivity index (χ1) is 9.51. The van der Waals surface area contributed by atoms with Gasteiger partial charge in [-0.15, -0.1) is 0 Å². The van der Waals surface area contributed by atoms with Gasteiger partial charge in [0, 0.05) is 13.1 Å². The van der Waals surface area contributed by atoms with Gasteiger partial charge in [-0.2, -0.15) is 0 Å². The van der Waals surface area contributed by atoms with Crippen molar-refractivity contribution in [2.75, 3.05) is 31.3 Å². The molecular weight excluding hydrogens is 260 g/mol. The Morgan fingerprint density at radius 1 is 1.55 bits per heavy atom. The first kappa shape index (κ1) is 14.1. The summed E-state index contributed by atoms with van der Waals surface area (Å²) >= 11 is 0. The average molecular weight is 278 g/mol. The lowest BCUT2D eigenvalue weighted by molar-refractivity contribution is -0.119. The summed E-state index contributed by atoms with van der Waals surface area (Å²) in [6.07, 6.45) is 3.47. The minimum Gasteiger partial charge on any atom is -0.465 e. The summed E-state index contributed by atoms with van der Waals surface area (Å²) in [5.41, 5.74) is 6.17. The van der Waals surface area contributed by atoms with E-state index < -0.39 is 5.97 Å². The van der Waals surface area contributed by atoms with Crippen LogP contribution in [0.1, 0.15) is 23.2 Å². The molecule has 0 unspecified atom stereocenters. The summed E-state index contributed by atoms with van der Waals surface area (Å²) in [7, 11) is 3.01. The summed E-state index contributed by atoms with van der Waals surface area (Å²) < 4.78 is 4.65. The maximum atomic E-state index is 11.7. The lowest BCUT2D eigenvalue weighted by Crippen LogP contribution is -2.36. The van der Waals surface area contributed by atoms with Gasteiger partial charge in [-0.05, 0) is 18.9 Å². The predicted octanol–water partition coefficient (Wildman–Crippen LogP) is 0.165. The average Bonchev–Trinajstić information content (AvgIpc) is 3.21. The van der Waals surface area contributed by atoms with E-state index in [1.165, 1.54) is 19.4 Å². The van der Waals surface area contributed by atoms with Crippen LogP contribution in [0.15, 0.2) is 12.3 Å². The van der Waals surface area contributed by atoms with Gasteiger partial charge in [-0.1, -0.05) is 0 Å². The van der Waals surface area contributed by atoms with Crippen LogP contribution in [0.2, 0.25) is 0 Å². The van der Waals surface area contributed by atoms with Crippen molar-refractivity contribution in [1.82, 2.24) is 10.3 Å². The van der Waals surface area contributed by atoms with E-state index in [-0.39, 0.29) is 23.7 Å². The maximum absolute atomic E-state index is 11.7. The number of ether oxygens (including phenoxy) is 1. The molecule has 1 fully saturated rings. The molecule has 0 saturated heterocycles. The summed E-state index contributed by atoms with van der Waals surface area (Å²) in [5.74, 6) is -0.0965. The van der Waals surface area contributed by atoms with Gasteiger partial charge in [0.2, 0.25) is 5.91 Å². The number of likely N-dealkylation sites (N-methyl/N-ethyl adjacent to an activating group) is 1. The standard InChI is InChI=1S/C13H18N4O3/c1-17(7-12(18)16-8-3-4-8)11-5-9(13(19)20-2)10(14)6-15-11/h5-6,8H,3-4,7,14H2,1-2H3,(H,16,18). The van der Waals surface area contributed by atoms with Gasteiger partial charge in [0.1, 0.15) is 5.82 Å². The maximum Gasteiger partial charge on any atom is 0.340 e. The van der Waals surface area contributed by atoms with Crippen LogP contribution in [0, 0.1) is 0 Å². The molecule has 1 heterocycles. The van der Waals surface area contributed by atoms with Gasteiger partial charge in [-0.25, -0.2) is 9.78 Å². The molecule has 1 aromatic rings. The molecule has 0 bridgehead atoms. The first-order valence-electron chi connectivity index (χ1n) is 6.35. The van der Waals surface area contributed by atoms with E-state index in [1.54, 1.807) is 11.9 Å². The van der Waals surface area contributed by atoms with Crippen molar-refractivity contribution in [2.45, 2.75) is 18.9 Å². The fourth-order valence-electron chi connectivity index (χ4n) is 1.75. The number of carbonyl (C=O) groups is 2. The normalized spacial score (nSPS) is 13.7. The highest BCUT2D eigenvalue weighted by Crippen LogP contribution is 2.20. The van der Waals surface area contributed by atoms with Gasteiger partial charge in [-0.3, -0.25) is 4.79 Å². The van der Waals surface area contributed by atoms with Crippen molar-refractivity contribution >= 4 is 23.4 Å². The van der Waals surface area contributed by atoms with Crippen molar-refractivity contribution in [2.24, 2.45) is 0 Å². The Kier molecular flexibility index (Phi) is 4.07. The molecule has 1 aromatic heterocycles. The van der Waals surface area contributed by atoms with Gasteiger partial charge in [0.25, 0.3) is 0 Å². The van der Waals surface area contributed by atoms with E-state index in [2.05, 4.69) is 15.0 Å². The van der Waals surface area contributed by atoms with Gasteiger partial charge in [0.15, 0.2) is 0 Å². The van der Waals surface area contributed by atoms with Gasteiger partial charge >= 0.3 is 5.97 Å². The number of nitrogen functional groups attached to an aromatic ring is 1. The molecule has 1 saturated carbocycles. The fourth-order valence-corrected chi connectivity index (χ4v) is 1.75. The Balaban J connectivity index is 2.06. The molecule has 7 heteroatoms. The molecular formula is C13H18N4O3. The summed E-state index contributed by atoms with van der Waals surface area (Å²) in [6, 6.07) is 1.84. The summed E-state index contributed by atoms with van der Waals surface area (Å²) in [5, 5.41) is 2.89. The van der Waals surface area contributed by atoms with Crippen LogP contribution >= 0.6 is 0 Å². The molecule has 0 aliphatic heterocycles. The lowest BCUT2D eigenvalue weighted by Gasteiger charge is -2.18. The third-order valence-corrected chi connectivity index (χ3v) is 3.04. The fraction of sp³-hybridized carbons (Fsp3) is 0.462. The van der Waals surface area contributed by atoms with E-state index in [4.69, 9.17) is 5.73 Å². The molecule has 7 nitrogen and oxygen atoms in total. The van der Waals surface area contributed by atoms with Crippen LogP contribution in [0.5, 0.6) is 0 Å². The Bertz CT molecular complexity index is 528. The predicted molar refractivity (Wildman–Crippen MR) is 74.4 cm³/mol. The molecule has 0 aromatic carbocycles. The number of methoxy groups -OCH3 is 1. The van der Waals surface area contributed by atoms with E-state index in [0.29, 0.717) is 11.9 Å². The number of nitrogens with one attached hydrogen (secondary N) is 1. The molecule has 0 spiro atoms. The molecule has 3 N–H and O–H groups in total. The Morgan fingerprint density at radius 3 is 2.85 bits per heavy atom. The van der Waals surface area contributed by atoms with Crippen LogP contribution in [0.4, 0.5) is 11.5 Å². The van der Waals surface area contributed by atoms with Crippen LogP contribution in [0.25, 0.3) is 0 Å². The Hall–Kier alpha value is -2.31. The number of hydrogen-bond acceptors (Lipinski definition) is 6. The number of hydrogen-bond donors (Lipinski definition) is 2. The lowest BCUT2D eigenvalue weighted by atomic mass is 10.2. The molecule has 1 aliphatic rings.